The summed E-state index contributed by atoms with van der Waals surface area (Å²) in [5.74, 6) is 0.693. The number of aromatic nitrogens is 4. The van der Waals surface area contributed by atoms with E-state index in [4.69, 9.17) is 4.74 Å². The van der Waals surface area contributed by atoms with E-state index >= 15 is 0 Å². The first kappa shape index (κ1) is 15.0. The SMILES string of the molecule is COc1ncnc2c1CN(Cc1cn[nH]c1C(C)(C)C)CC2. The molecule has 0 saturated carbocycles. The van der Waals surface area contributed by atoms with Crippen LogP contribution in [0.1, 0.15) is 43.3 Å². The molecule has 0 radical (unpaired) electrons. The zero-order chi connectivity index (χ0) is 15.7. The lowest BCUT2D eigenvalue weighted by Gasteiger charge is -2.29. The summed E-state index contributed by atoms with van der Waals surface area (Å²) in [4.78, 5) is 11.0. The molecule has 0 bridgehead atoms. The van der Waals surface area contributed by atoms with Gasteiger partial charge in [0.1, 0.15) is 6.33 Å². The molecule has 22 heavy (non-hydrogen) atoms. The van der Waals surface area contributed by atoms with E-state index in [1.807, 2.05) is 6.20 Å². The fourth-order valence-corrected chi connectivity index (χ4v) is 3.00. The topological polar surface area (TPSA) is 66.9 Å². The van der Waals surface area contributed by atoms with Crippen LogP contribution in [0, 0.1) is 0 Å². The van der Waals surface area contributed by atoms with E-state index in [-0.39, 0.29) is 5.41 Å². The zero-order valence-electron chi connectivity index (χ0n) is 13.7. The molecule has 0 aliphatic carbocycles. The number of hydrogen-bond acceptors (Lipinski definition) is 5. The van der Waals surface area contributed by atoms with Crippen LogP contribution in [-0.4, -0.2) is 38.7 Å². The minimum Gasteiger partial charge on any atom is -0.481 e. The lowest BCUT2D eigenvalue weighted by Crippen LogP contribution is -2.32. The number of fused-ring (bicyclic) bond motifs is 1. The highest BCUT2D eigenvalue weighted by Gasteiger charge is 2.25. The van der Waals surface area contributed by atoms with Crippen LogP contribution in [0.15, 0.2) is 12.5 Å². The standard InChI is InChI=1S/C16H23N5O/c1-16(2,3)14-11(7-19-20-14)8-21-6-5-13-12(9-21)15(22-4)18-10-17-13/h7,10H,5-6,8-9H2,1-4H3,(H,19,20). The predicted molar refractivity (Wildman–Crippen MR) is 83.7 cm³/mol. The van der Waals surface area contributed by atoms with E-state index in [1.165, 1.54) is 11.3 Å². The van der Waals surface area contributed by atoms with E-state index in [1.54, 1.807) is 13.4 Å². The molecule has 0 saturated heterocycles. The normalized spacial score (nSPS) is 15.6. The Labute approximate surface area is 130 Å². The average Bonchev–Trinajstić information content (AvgIpc) is 2.95. The Morgan fingerprint density at radius 1 is 1.32 bits per heavy atom. The maximum atomic E-state index is 5.38. The van der Waals surface area contributed by atoms with Gasteiger partial charge in [0.15, 0.2) is 0 Å². The quantitative estimate of drug-likeness (QED) is 0.940. The van der Waals surface area contributed by atoms with Crippen molar-refractivity contribution >= 4 is 0 Å². The second kappa shape index (κ2) is 5.68. The molecule has 6 nitrogen and oxygen atoms in total. The summed E-state index contributed by atoms with van der Waals surface area (Å²) >= 11 is 0. The predicted octanol–water partition coefficient (Wildman–Crippen LogP) is 2.06. The molecule has 0 spiro atoms. The second-order valence-corrected chi connectivity index (χ2v) is 6.79. The van der Waals surface area contributed by atoms with Gasteiger partial charge in [0.25, 0.3) is 0 Å². The molecule has 0 unspecified atom stereocenters. The molecule has 1 aliphatic heterocycles. The highest BCUT2D eigenvalue weighted by Crippen LogP contribution is 2.28. The molecule has 1 aliphatic rings. The Bertz CT molecular complexity index is 645. The van der Waals surface area contributed by atoms with E-state index in [9.17, 15) is 0 Å². The number of nitrogens with zero attached hydrogens (tertiary/aromatic N) is 4. The lowest BCUT2D eigenvalue weighted by atomic mass is 9.89. The highest BCUT2D eigenvalue weighted by molar-refractivity contribution is 5.32. The Kier molecular flexibility index (Phi) is 3.87. The molecule has 118 valence electrons. The van der Waals surface area contributed by atoms with E-state index in [0.717, 1.165) is 37.3 Å². The van der Waals surface area contributed by atoms with Crippen molar-refractivity contribution in [2.24, 2.45) is 0 Å². The van der Waals surface area contributed by atoms with Crippen LogP contribution >= 0.6 is 0 Å². The molecule has 2 aromatic heterocycles. The summed E-state index contributed by atoms with van der Waals surface area (Å²) < 4.78 is 5.38. The van der Waals surface area contributed by atoms with Crippen LogP contribution in [0.2, 0.25) is 0 Å². The van der Waals surface area contributed by atoms with E-state index in [0.29, 0.717) is 5.88 Å². The molecule has 0 fully saturated rings. The summed E-state index contributed by atoms with van der Waals surface area (Å²) in [6.07, 6.45) is 4.45. The highest BCUT2D eigenvalue weighted by atomic mass is 16.5. The number of nitrogens with one attached hydrogen (secondary N) is 1. The molecule has 6 heteroatoms. The second-order valence-electron chi connectivity index (χ2n) is 6.79. The molecule has 2 aromatic rings. The largest absolute Gasteiger partial charge is 0.481 e. The molecule has 3 heterocycles. The van der Waals surface area contributed by atoms with Crippen LogP contribution in [0.5, 0.6) is 5.88 Å². The van der Waals surface area contributed by atoms with Gasteiger partial charge in [0.2, 0.25) is 5.88 Å². The van der Waals surface area contributed by atoms with Gasteiger partial charge in [-0.15, -0.1) is 0 Å². The third-order valence-corrected chi connectivity index (χ3v) is 4.10. The smallest absolute Gasteiger partial charge is 0.220 e. The van der Waals surface area contributed by atoms with Crippen LogP contribution in [0.25, 0.3) is 0 Å². The maximum Gasteiger partial charge on any atom is 0.220 e. The Hall–Kier alpha value is -1.95. The molecule has 0 aromatic carbocycles. The lowest BCUT2D eigenvalue weighted by molar-refractivity contribution is 0.234. The molecule has 1 N–H and O–H groups in total. The van der Waals surface area contributed by atoms with Gasteiger partial charge in [0.05, 0.1) is 19.0 Å². The minimum atomic E-state index is 0.0698. The van der Waals surface area contributed by atoms with Crippen LogP contribution in [0.3, 0.4) is 0 Å². The third kappa shape index (κ3) is 2.83. The van der Waals surface area contributed by atoms with Crippen molar-refractivity contribution in [1.82, 2.24) is 25.1 Å². The summed E-state index contributed by atoms with van der Waals surface area (Å²) in [6, 6.07) is 0. The van der Waals surface area contributed by atoms with E-state index in [2.05, 4.69) is 45.8 Å². The van der Waals surface area contributed by atoms with Gasteiger partial charge in [-0.2, -0.15) is 5.10 Å². The van der Waals surface area contributed by atoms with Crippen LogP contribution in [-0.2, 0) is 24.9 Å². The van der Waals surface area contributed by atoms with Gasteiger partial charge >= 0.3 is 0 Å². The number of aromatic amines is 1. The zero-order valence-corrected chi connectivity index (χ0v) is 13.7. The maximum absolute atomic E-state index is 5.38. The first-order valence-electron chi connectivity index (χ1n) is 7.61. The van der Waals surface area contributed by atoms with Gasteiger partial charge in [-0.1, -0.05) is 20.8 Å². The Balaban J connectivity index is 1.80. The number of hydrogen-bond donors (Lipinski definition) is 1. The van der Waals surface area contributed by atoms with Crippen LogP contribution in [0.4, 0.5) is 0 Å². The first-order valence-corrected chi connectivity index (χ1v) is 7.61. The Morgan fingerprint density at radius 2 is 2.14 bits per heavy atom. The number of rotatable bonds is 3. The molecule has 0 amide bonds. The van der Waals surface area contributed by atoms with Crippen molar-refractivity contribution in [3.63, 3.8) is 0 Å². The minimum absolute atomic E-state index is 0.0698. The summed E-state index contributed by atoms with van der Waals surface area (Å²) in [5, 5.41) is 7.38. The summed E-state index contributed by atoms with van der Waals surface area (Å²) in [7, 11) is 1.66. The first-order chi connectivity index (χ1) is 10.5. The van der Waals surface area contributed by atoms with E-state index < -0.39 is 0 Å². The van der Waals surface area contributed by atoms with Gasteiger partial charge in [-0.25, -0.2) is 9.97 Å². The van der Waals surface area contributed by atoms with Gasteiger partial charge in [0, 0.05) is 48.3 Å². The average molecular weight is 301 g/mol. The van der Waals surface area contributed by atoms with Gasteiger partial charge in [-0.05, 0) is 0 Å². The van der Waals surface area contributed by atoms with Crippen molar-refractivity contribution in [2.75, 3.05) is 13.7 Å². The fourth-order valence-electron chi connectivity index (χ4n) is 3.00. The van der Waals surface area contributed by atoms with Crippen molar-refractivity contribution in [2.45, 2.75) is 45.7 Å². The van der Waals surface area contributed by atoms with Crippen molar-refractivity contribution in [3.8, 4) is 5.88 Å². The van der Waals surface area contributed by atoms with Crippen molar-refractivity contribution < 1.29 is 4.74 Å². The van der Waals surface area contributed by atoms with Crippen molar-refractivity contribution in [3.05, 3.63) is 35.0 Å². The summed E-state index contributed by atoms with van der Waals surface area (Å²) in [6.45, 7) is 9.28. The number of methoxy groups -OCH3 is 1. The Morgan fingerprint density at radius 3 is 2.86 bits per heavy atom. The summed E-state index contributed by atoms with van der Waals surface area (Å²) in [5.41, 5.74) is 4.74. The third-order valence-electron chi connectivity index (χ3n) is 4.10. The fraction of sp³-hybridized carbons (Fsp3) is 0.562. The number of H-pyrrole nitrogens is 1. The molecular weight excluding hydrogens is 278 g/mol. The molecule has 0 atom stereocenters. The van der Waals surface area contributed by atoms with Crippen molar-refractivity contribution in [1.29, 1.82) is 0 Å². The van der Waals surface area contributed by atoms with Gasteiger partial charge < -0.3 is 4.74 Å². The van der Waals surface area contributed by atoms with Gasteiger partial charge in [-0.3, -0.25) is 10.00 Å². The van der Waals surface area contributed by atoms with Crippen LogP contribution < -0.4 is 4.74 Å². The molecular formula is C16H23N5O. The number of ether oxygens (including phenoxy) is 1. The monoisotopic (exact) mass is 301 g/mol. The molecule has 3 rings (SSSR count).